The van der Waals surface area contributed by atoms with E-state index >= 15 is 0 Å². The van der Waals surface area contributed by atoms with E-state index in [2.05, 4.69) is 28.9 Å². The topological polar surface area (TPSA) is 32.7 Å². The molecule has 1 aliphatic rings. The molecule has 0 aromatic rings. The smallest absolute Gasteiger partial charge is 0.249 e. The first-order valence-electron chi connectivity index (χ1n) is 4.09. The summed E-state index contributed by atoms with van der Waals surface area (Å²) in [7, 11) is 2.10. The zero-order valence-corrected chi connectivity index (χ0v) is 7.21. The predicted octanol–water partition coefficient (Wildman–Crippen LogP) is 0.767. The molecule has 0 aromatic carbocycles. The van der Waals surface area contributed by atoms with Crippen LogP contribution in [0.25, 0.3) is 0 Å². The second-order valence-corrected chi connectivity index (χ2v) is 2.97. The molecule has 1 aliphatic heterocycles. The van der Waals surface area contributed by atoms with Crippen LogP contribution in [0, 0.1) is 12.0 Å². The highest BCUT2D eigenvalue weighted by atomic mass is 16.1. The lowest BCUT2D eigenvalue weighted by molar-refractivity contribution is 0.315. The number of likely N-dealkylation sites (tertiary alicyclic amines) is 1. The van der Waals surface area contributed by atoms with Gasteiger partial charge in [0.1, 0.15) is 0 Å². The number of aliphatic imine (C=N–C) groups is 1. The summed E-state index contributed by atoms with van der Waals surface area (Å²) in [5, 5.41) is 0. The minimum Gasteiger partial charge on any atom is -0.302 e. The van der Waals surface area contributed by atoms with E-state index in [0.717, 1.165) is 13.0 Å². The lowest BCUT2D eigenvalue weighted by atomic mass is 10.1. The van der Waals surface area contributed by atoms with Crippen molar-refractivity contribution in [2.24, 2.45) is 4.99 Å². The van der Waals surface area contributed by atoms with Gasteiger partial charge in [0.15, 0.2) is 0 Å². The van der Waals surface area contributed by atoms with Gasteiger partial charge in [-0.3, -0.25) is 0 Å². The van der Waals surface area contributed by atoms with Crippen molar-refractivity contribution >= 4 is 6.08 Å². The first-order valence-corrected chi connectivity index (χ1v) is 4.09. The van der Waals surface area contributed by atoms with Crippen molar-refractivity contribution in [2.75, 3.05) is 13.6 Å². The standard InChI is InChI=1S/C9H12N2O/c1-11-7-3-5-9(11)4-2-6-10-8-12/h9H,3-5,7H2,1H3. The van der Waals surface area contributed by atoms with Crippen LogP contribution in [0.5, 0.6) is 0 Å². The number of isocyanates is 1. The molecule has 1 fully saturated rings. The fourth-order valence-corrected chi connectivity index (χ4v) is 1.46. The molecule has 1 unspecified atom stereocenters. The molecule has 0 bridgehead atoms. The minimum atomic E-state index is 0.555. The van der Waals surface area contributed by atoms with Crippen LogP contribution >= 0.6 is 0 Å². The molecule has 0 radical (unpaired) electrons. The van der Waals surface area contributed by atoms with Crippen LogP contribution in [0.1, 0.15) is 19.3 Å². The lowest BCUT2D eigenvalue weighted by Crippen LogP contribution is -2.23. The lowest BCUT2D eigenvalue weighted by Gasteiger charge is -2.15. The molecule has 1 saturated heterocycles. The fourth-order valence-electron chi connectivity index (χ4n) is 1.46. The molecule has 1 rings (SSSR count). The Morgan fingerprint density at radius 2 is 2.50 bits per heavy atom. The monoisotopic (exact) mass is 164 g/mol. The quantitative estimate of drug-likeness (QED) is 0.326. The highest BCUT2D eigenvalue weighted by Crippen LogP contribution is 2.16. The van der Waals surface area contributed by atoms with E-state index in [4.69, 9.17) is 0 Å². The van der Waals surface area contributed by atoms with Crippen LogP contribution in [0.2, 0.25) is 0 Å². The van der Waals surface area contributed by atoms with Crippen molar-refractivity contribution in [1.29, 1.82) is 0 Å². The van der Waals surface area contributed by atoms with Gasteiger partial charge in [0.2, 0.25) is 6.08 Å². The van der Waals surface area contributed by atoms with Crippen LogP contribution < -0.4 is 0 Å². The van der Waals surface area contributed by atoms with E-state index in [0.29, 0.717) is 6.04 Å². The van der Waals surface area contributed by atoms with Gasteiger partial charge in [-0.05, 0) is 26.4 Å². The molecule has 3 nitrogen and oxygen atoms in total. The molecule has 0 spiro atoms. The molecule has 3 heteroatoms. The molecule has 0 N–H and O–H groups in total. The Hall–Kier alpha value is -1.10. The largest absolute Gasteiger partial charge is 0.302 e. The molecule has 0 saturated carbocycles. The predicted molar refractivity (Wildman–Crippen MR) is 46.2 cm³/mol. The third-order valence-corrected chi connectivity index (χ3v) is 2.19. The van der Waals surface area contributed by atoms with Gasteiger partial charge in [-0.25, -0.2) is 4.79 Å². The number of hydrogen-bond donors (Lipinski definition) is 0. The van der Waals surface area contributed by atoms with E-state index in [1.165, 1.54) is 18.9 Å². The number of rotatable bonds is 1. The maximum Gasteiger partial charge on any atom is 0.249 e. The summed E-state index contributed by atoms with van der Waals surface area (Å²) >= 11 is 0. The number of hydrogen-bond acceptors (Lipinski definition) is 3. The summed E-state index contributed by atoms with van der Waals surface area (Å²) in [5.74, 6) is 2.84. The van der Waals surface area contributed by atoms with Crippen LogP contribution in [0.15, 0.2) is 4.99 Å². The highest BCUT2D eigenvalue weighted by Gasteiger charge is 2.18. The van der Waals surface area contributed by atoms with E-state index in [1.54, 1.807) is 0 Å². The Morgan fingerprint density at radius 3 is 3.08 bits per heavy atom. The SMILES string of the molecule is CN1CCCC1CC#CN=C=O. The van der Waals surface area contributed by atoms with E-state index in [1.807, 2.05) is 0 Å². The van der Waals surface area contributed by atoms with E-state index in [-0.39, 0.29) is 0 Å². The summed E-state index contributed by atoms with van der Waals surface area (Å²) in [5.41, 5.74) is 0. The molecular formula is C9H12N2O. The maximum absolute atomic E-state index is 9.66. The maximum atomic E-state index is 9.66. The number of nitrogens with zero attached hydrogens (tertiary/aromatic N) is 2. The van der Waals surface area contributed by atoms with Crippen molar-refractivity contribution in [2.45, 2.75) is 25.3 Å². The third-order valence-electron chi connectivity index (χ3n) is 2.19. The molecule has 1 heterocycles. The second kappa shape index (κ2) is 4.71. The van der Waals surface area contributed by atoms with Gasteiger partial charge >= 0.3 is 0 Å². The fraction of sp³-hybridized carbons (Fsp3) is 0.667. The Balaban J connectivity index is 2.32. The Kier molecular flexibility index (Phi) is 3.53. The zero-order chi connectivity index (χ0) is 8.81. The van der Waals surface area contributed by atoms with Crippen molar-refractivity contribution in [3.63, 3.8) is 0 Å². The van der Waals surface area contributed by atoms with Crippen LogP contribution in [-0.2, 0) is 4.79 Å². The average Bonchev–Trinajstić information content (AvgIpc) is 2.46. The molecule has 0 aliphatic carbocycles. The molecule has 12 heavy (non-hydrogen) atoms. The van der Waals surface area contributed by atoms with Gasteiger partial charge in [-0.1, -0.05) is 5.92 Å². The Labute approximate surface area is 72.5 Å². The molecule has 64 valence electrons. The van der Waals surface area contributed by atoms with Crippen LogP contribution in [0.3, 0.4) is 0 Å². The van der Waals surface area contributed by atoms with Crippen molar-refractivity contribution in [1.82, 2.24) is 4.90 Å². The van der Waals surface area contributed by atoms with Gasteiger partial charge in [-0.2, -0.15) is 0 Å². The Bertz CT molecular complexity index is 245. The summed E-state index contributed by atoms with van der Waals surface area (Å²) in [6.45, 7) is 1.16. The van der Waals surface area contributed by atoms with Crippen molar-refractivity contribution < 1.29 is 4.79 Å². The molecule has 0 amide bonds. The number of carbonyl (C=O) groups excluding carboxylic acids is 1. The Morgan fingerprint density at radius 1 is 1.67 bits per heavy atom. The highest BCUT2D eigenvalue weighted by molar-refractivity contribution is 5.36. The van der Waals surface area contributed by atoms with Gasteiger partial charge in [0.25, 0.3) is 0 Å². The zero-order valence-electron chi connectivity index (χ0n) is 7.21. The van der Waals surface area contributed by atoms with Gasteiger partial charge in [-0.15, -0.1) is 4.99 Å². The molecule has 0 aromatic heterocycles. The van der Waals surface area contributed by atoms with Gasteiger partial charge < -0.3 is 4.90 Å². The van der Waals surface area contributed by atoms with E-state index in [9.17, 15) is 4.79 Å². The van der Waals surface area contributed by atoms with Crippen molar-refractivity contribution in [3.8, 4) is 12.0 Å². The average molecular weight is 164 g/mol. The van der Waals surface area contributed by atoms with E-state index < -0.39 is 0 Å². The summed E-state index contributed by atoms with van der Waals surface area (Å²) in [4.78, 5) is 15.1. The second-order valence-electron chi connectivity index (χ2n) is 2.97. The van der Waals surface area contributed by atoms with Gasteiger partial charge in [0.05, 0.1) is 0 Å². The summed E-state index contributed by atoms with van der Waals surface area (Å²) in [6, 6.07) is 2.96. The summed E-state index contributed by atoms with van der Waals surface area (Å²) in [6.07, 6.45) is 4.65. The first-order chi connectivity index (χ1) is 5.84. The molecule has 1 atom stereocenters. The first kappa shape index (κ1) is 8.99. The van der Waals surface area contributed by atoms with Gasteiger partial charge in [0, 0.05) is 18.5 Å². The summed E-state index contributed by atoms with van der Waals surface area (Å²) < 4.78 is 0. The third kappa shape index (κ3) is 2.50. The van der Waals surface area contributed by atoms with Crippen LogP contribution in [-0.4, -0.2) is 30.6 Å². The molecular weight excluding hydrogens is 152 g/mol. The van der Waals surface area contributed by atoms with Crippen LogP contribution in [0.4, 0.5) is 0 Å². The normalized spacial score (nSPS) is 22.6. The minimum absolute atomic E-state index is 0.555. The van der Waals surface area contributed by atoms with Crippen molar-refractivity contribution in [3.05, 3.63) is 0 Å².